The van der Waals surface area contributed by atoms with E-state index in [4.69, 9.17) is 11.6 Å². The van der Waals surface area contributed by atoms with E-state index in [1.807, 2.05) is 72.8 Å². The van der Waals surface area contributed by atoms with Crippen molar-refractivity contribution < 1.29 is 4.57 Å². The second kappa shape index (κ2) is 8.32. The Morgan fingerprint density at radius 3 is 1.80 bits per heavy atom. The van der Waals surface area contributed by atoms with Gasteiger partial charge in [0.2, 0.25) is 7.29 Å². The molecule has 0 aromatic heterocycles. The van der Waals surface area contributed by atoms with Crippen LogP contribution in [0.5, 0.6) is 0 Å². The van der Waals surface area contributed by atoms with Crippen molar-refractivity contribution in [3.05, 3.63) is 107 Å². The summed E-state index contributed by atoms with van der Waals surface area (Å²) in [5.41, 5.74) is 3.51. The molecule has 0 radical (unpaired) electrons. The zero-order chi connectivity index (χ0) is 21.4. The van der Waals surface area contributed by atoms with Gasteiger partial charge in [-0.3, -0.25) is 4.57 Å². The van der Waals surface area contributed by atoms with Crippen molar-refractivity contribution in [3.63, 3.8) is 0 Å². The van der Waals surface area contributed by atoms with Crippen LogP contribution in [0.1, 0.15) is 11.6 Å². The van der Waals surface area contributed by atoms with Gasteiger partial charge in [0, 0.05) is 15.6 Å². The predicted octanol–water partition coefficient (Wildman–Crippen LogP) is 6.43. The molecule has 3 atom stereocenters. The van der Waals surface area contributed by atoms with Crippen LogP contribution in [0.3, 0.4) is 0 Å². The van der Waals surface area contributed by atoms with E-state index in [2.05, 4.69) is 48.2 Å². The molecule has 1 fully saturated rings. The van der Waals surface area contributed by atoms with Crippen molar-refractivity contribution >= 4 is 37.6 Å². The van der Waals surface area contributed by atoms with E-state index in [0.717, 1.165) is 21.2 Å². The Morgan fingerprint density at radius 2 is 1.33 bits per heavy atom. The van der Waals surface area contributed by atoms with Gasteiger partial charge in [0.05, 0.1) is 20.2 Å². The molecule has 5 heteroatoms. The lowest BCUT2D eigenvalue weighted by molar-refractivity contribution is 0.557. The fourth-order valence-electron chi connectivity index (χ4n) is 3.87. The third-order valence-corrected chi connectivity index (χ3v) is 9.97. The van der Waals surface area contributed by atoms with E-state index in [-0.39, 0.29) is 12.1 Å². The smallest absolute Gasteiger partial charge is 0.208 e. The molecule has 1 aliphatic heterocycles. The molecule has 2 nitrogen and oxygen atoms in total. The summed E-state index contributed by atoms with van der Waals surface area (Å²) in [5, 5.41) is 2.47. The van der Waals surface area contributed by atoms with E-state index < -0.39 is 15.4 Å². The van der Waals surface area contributed by atoms with Crippen molar-refractivity contribution in [1.82, 2.24) is 4.67 Å². The second-order valence-corrected chi connectivity index (χ2v) is 17.0. The third kappa shape index (κ3) is 4.26. The Balaban J connectivity index is 1.84. The third-order valence-electron chi connectivity index (χ3n) is 5.37. The lowest BCUT2D eigenvalue weighted by Crippen LogP contribution is -2.22. The zero-order valence-electron chi connectivity index (χ0n) is 17.6. The molecule has 154 valence electrons. The molecule has 0 aliphatic carbocycles. The number of benzene rings is 3. The summed E-state index contributed by atoms with van der Waals surface area (Å²) in [7, 11) is -4.38. The first-order chi connectivity index (χ1) is 14.3. The molecule has 0 amide bonds. The molecule has 0 bridgehead atoms. The van der Waals surface area contributed by atoms with E-state index in [1.54, 1.807) is 0 Å². The Hall–Kier alpha value is -1.90. The highest BCUT2D eigenvalue weighted by Gasteiger charge is 2.57. The van der Waals surface area contributed by atoms with Crippen LogP contribution in [0.15, 0.2) is 96.7 Å². The summed E-state index contributed by atoms with van der Waals surface area (Å²) in [6, 6.07) is 27.9. The average molecular weight is 452 g/mol. The first-order valence-corrected chi connectivity index (χ1v) is 15.9. The summed E-state index contributed by atoms with van der Waals surface area (Å²) >= 11 is 6.14. The van der Waals surface area contributed by atoms with E-state index in [1.165, 1.54) is 0 Å². The molecule has 1 heterocycles. The first kappa shape index (κ1) is 21.3. The van der Waals surface area contributed by atoms with Crippen LogP contribution in [-0.4, -0.2) is 18.8 Å². The molecule has 4 rings (SSSR count). The van der Waals surface area contributed by atoms with Gasteiger partial charge in [-0.25, -0.2) is 4.67 Å². The molecular weight excluding hydrogens is 425 g/mol. The van der Waals surface area contributed by atoms with Gasteiger partial charge in [0.25, 0.3) is 0 Å². The molecule has 30 heavy (non-hydrogen) atoms. The first-order valence-electron chi connectivity index (χ1n) is 10.3. The zero-order valence-corrected chi connectivity index (χ0v) is 20.2. The van der Waals surface area contributed by atoms with Crippen LogP contribution < -0.4 is 10.6 Å². The number of rotatable bonds is 6. The van der Waals surface area contributed by atoms with Crippen molar-refractivity contribution in [2.24, 2.45) is 0 Å². The highest BCUT2D eigenvalue weighted by Crippen LogP contribution is 2.64. The Labute approximate surface area is 185 Å². The molecule has 3 aromatic rings. The normalized spacial score (nSPS) is 21.7. The maximum absolute atomic E-state index is 14.8. The predicted molar refractivity (Wildman–Crippen MR) is 132 cm³/mol. The number of hydrogen-bond donors (Lipinski definition) is 0. The summed E-state index contributed by atoms with van der Waals surface area (Å²) in [6.45, 7) is 6.96. The summed E-state index contributed by atoms with van der Waals surface area (Å²) in [4.78, 5) is 0. The van der Waals surface area contributed by atoms with E-state index >= 15 is 0 Å². The van der Waals surface area contributed by atoms with Crippen molar-refractivity contribution in [3.8, 4) is 0 Å². The Morgan fingerprint density at radius 1 is 0.833 bits per heavy atom. The molecule has 1 saturated heterocycles. The van der Waals surface area contributed by atoms with Gasteiger partial charge < -0.3 is 0 Å². The topological polar surface area (TPSA) is 20.1 Å². The van der Waals surface area contributed by atoms with Crippen LogP contribution in [-0.2, 0) is 4.57 Å². The van der Waals surface area contributed by atoms with Gasteiger partial charge in [-0.15, -0.1) is 0 Å². The van der Waals surface area contributed by atoms with Gasteiger partial charge in [0.1, 0.15) is 0 Å². The Bertz CT molecular complexity index is 1030. The summed E-state index contributed by atoms with van der Waals surface area (Å²) in [6.07, 6.45) is 2.28. The van der Waals surface area contributed by atoms with E-state index in [9.17, 15) is 4.57 Å². The molecular formula is C25H27ClNOPSi. The second-order valence-electron chi connectivity index (χ2n) is 8.84. The summed E-state index contributed by atoms with van der Waals surface area (Å²) < 4.78 is 17.0. The van der Waals surface area contributed by atoms with Crippen LogP contribution in [0.2, 0.25) is 24.7 Å². The maximum atomic E-state index is 14.8. The highest BCUT2D eigenvalue weighted by atomic mass is 35.5. The molecule has 0 N–H and O–H groups in total. The summed E-state index contributed by atoms with van der Waals surface area (Å²) in [5.74, 6) is 0. The van der Waals surface area contributed by atoms with Gasteiger partial charge in [-0.2, -0.15) is 0 Å². The molecule has 0 spiro atoms. The van der Waals surface area contributed by atoms with Crippen molar-refractivity contribution in [2.75, 3.05) is 0 Å². The maximum Gasteiger partial charge on any atom is 0.208 e. The van der Waals surface area contributed by atoms with E-state index in [0.29, 0.717) is 0 Å². The highest BCUT2D eigenvalue weighted by molar-refractivity contribution is 7.76. The number of halogens is 1. The van der Waals surface area contributed by atoms with Crippen LogP contribution in [0.4, 0.5) is 0 Å². The fraction of sp³-hybridized carbons (Fsp3) is 0.200. The minimum Gasteiger partial charge on any atom is -0.296 e. The van der Waals surface area contributed by atoms with Crippen molar-refractivity contribution in [1.29, 1.82) is 0 Å². The van der Waals surface area contributed by atoms with Crippen LogP contribution in [0.25, 0.3) is 0 Å². The molecule has 1 aliphatic rings. The number of nitrogens with zero attached hydrogens (tertiary/aromatic N) is 1. The number of hydrogen-bond acceptors (Lipinski definition) is 1. The average Bonchev–Trinajstić information content (AvgIpc) is 3.48. The van der Waals surface area contributed by atoms with Crippen LogP contribution >= 0.6 is 18.9 Å². The van der Waals surface area contributed by atoms with Crippen LogP contribution in [0, 0.1) is 0 Å². The Kier molecular flexibility index (Phi) is 5.92. The lowest BCUT2D eigenvalue weighted by atomic mass is 10.1. The minimum absolute atomic E-state index is 0.0705. The monoisotopic (exact) mass is 451 g/mol. The van der Waals surface area contributed by atoms with Gasteiger partial charge in [-0.1, -0.05) is 91.5 Å². The molecule has 0 saturated carbocycles. The quantitative estimate of drug-likeness (QED) is 0.244. The van der Waals surface area contributed by atoms with Gasteiger partial charge in [-0.05, 0) is 42.0 Å². The standard InChI is InChI=1S/C25H27ClNOPSi/c1-30(2,3)19-18-24-25(20-14-16-21(26)17-15-20)27(24)29(28,22-10-6-4-7-11-22)23-12-8-5-9-13-23/h4-19,24-25H,1-3H3/b19-18+/t24-,25+,27?/m1/s1. The van der Waals surface area contributed by atoms with Gasteiger partial charge in [0.15, 0.2) is 0 Å². The fourth-order valence-corrected chi connectivity index (χ4v) is 7.89. The SMILES string of the molecule is C[Si](C)(C)/C=C/[C@@H]1[C@H](c2ccc(Cl)cc2)N1P(=O)(c1ccccc1)c1ccccc1. The van der Waals surface area contributed by atoms with Crippen molar-refractivity contribution in [2.45, 2.75) is 31.7 Å². The molecule has 1 unspecified atom stereocenters. The largest absolute Gasteiger partial charge is 0.296 e. The lowest BCUT2D eigenvalue weighted by Gasteiger charge is -2.22. The molecule has 3 aromatic carbocycles. The minimum atomic E-state index is -2.99. The van der Waals surface area contributed by atoms with Gasteiger partial charge >= 0.3 is 0 Å².